The summed E-state index contributed by atoms with van der Waals surface area (Å²) in [5, 5.41) is 9.86. The van der Waals surface area contributed by atoms with Crippen LogP contribution in [-0.2, 0) is 0 Å². The van der Waals surface area contributed by atoms with Gasteiger partial charge in [-0.15, -0.1) is 22.7 Å². The monoisotopic (exact) mass is 485 g/mol. The molecule has 0 spiro atoms. The first-order valence-electron chi connectivity index (χ1n) is 9.99. The molecule has 0 unspecified atom stereocenters. The van der Waals surface area contributed by atoms with Gasteiger partial charge in [-0.05, 0) is 36.4 Å². The predicted octanol–water partition coefficient (Wildman–Crippen LogP) is 4.62. The Labute approximate surface area is 201 Å². The molecule has 34 heavy (non-hydrogen) atoms. The average Bonchev–Trinajstić information content (AvgIpc) is 3.55. The predicted molar refractivity (Wildman–Crippen MR) is 131 cm³/mol. The van der Waals surface area contributed by atoms with E-state index in [2.05, 4.69) is 35.6 Å². The third-order valence-electron chi connectivity index (χ3n) is 4.52. The van der Waals surface area contributed by atoms with Crippen molar-refractivity contribution >= 4 is 44.8 Å². The largest absolute Gasteiger partial charge is 0.296 e. The second-order valence-electron chi connectivity index (χ2n) is 6.82. The van der Waals surface area contributed by atoms with Crippen LogP contribution < -0.4 is 10.6 Å². The molecule has 166 valence electrons. The van der Waals surface area contributed by atoms with Gasteiger partial charge in [-0.1, -0.05) is 18.2 Å². The van der Waals surface area contributed by atoms with E-state index in [4.69, 9.17) is 0 Å². The average molecular weight is 486 g/mol. The molecule has 0 saturated heterocycles. The smallest absolute Gasteiger partial charge is 0.276 e. The second kappa shape index (κ2) is 9.65. The van der Waals surface area contributed by atoms with Crippen LogP contribution in [0.2, 0.25) is 0 Å². The fourth-order valence-electron chi connectivity index (χ4n) is 2.94. The summed E-state index contributed by atoms with van der Waals surface area (Å²) in [5.74, 6) is -0.938. The van der Waals surface area contributed by atoms with Crippen molar-refractivity contribution in [3.63, 3.8) is 0 Å². The van der Waals surface area contributed by atoms with Gasteiger partial charge in [0.15, 0.2) is 10.3 Å². The molecule has 0 aliphatic rings. The molecule has 0 bridgehead atoms. The Morgan fingerprint density at radius 1 is 0.588 bits per heavy atom. The number of thiazole rings is 2. The molecule has 0 atom stereocenters. The normalized spacial score (nSPS) is 10.6. The highest BCUT2D eigenvalue weighted by atomic mass is 32.1. The molecule has 11 heteroatoms. The zero-order chi connectivity index (χ0) is 23.3. The first-order chi connectivity index (χ1) is 16.7. The Kier molecular flexibility index (Phi) is 6.10. The lowest BCUT2D eigenvalue weighted by atomic mass is 10.3. The number of aromatic nitrogens is 5. The Morgan fingerprint density at radius 3 is 1.53 bits per heavy atom. The molecule has 5 heterocycles. The third kappa shape index (κ3) is 4.85. The van der Waals surface area contributed by atoms with Gasteiger partial charge in [-0.2, -0.15) is 0 Å². The number of pyridine rings is 3. The van der Waals surface area contributed by atoms with E-state index in [9.17, 15) is 9.59 Å². The molecule has 0 radical (unpaired) electrons. The molecule has 5 aromatic heterocycles. The second-order valence-corrected chi connectivity index (χ2v) is 8.54. The van der Waals surface area contributed by atoms with E-state index < -0.39 is 11.8 Å². The maximum atomic E-state index is 12.7. The maximum absolute atomic E-state index is 12.7. The number of carbonyl (C=O) groups is 2. The molecule has 9 nitrogen and oxygen atoms in total. The molecule has 0 aliphatic carbocycles. The zero-order valence-electron chi connectivity index (χ0n) is 17.4. The van der Waals surface area contributed by atoms with E-state index in [1.807, 2.05) is 47.2 Å². The lowest BCUT2D eigenvalue weighted by molar-refractivity contribution is 0.101. The van der Waals surface area contributed by atoms with Crippen molar-refractivity contribution in [2.75, 3.05) is 10.6 Å². The minimum Gasteiger partial charge on any atom is -0.296 e. The first kappa shape index (κ1) is 21.5. The summed E-state index contributed by atoms with van der Waals surface area (Å²) in [5.41, 5.74) is 2.94. The fourth-order valence-corrected chi connectivity index (χ4v) is 4.33. The van der Waals surface area contributed by atoms with Gasteiger partial charge in [-0.3, -0.25) is 30.2 Å². The highest BCUT2D eigenvalue weighted by molar-refractivity contribution is 7.14. The first-order valence-corrected chi connectivity index (χ1v) is 11.8. The number of anilines is 2. The molecule has 2 N–H and O–H groups in total. The molecular formula is C23H15N7O2S2. The maximum Gasteiger partial charge on any atom is 0.276 e. The van der Waals surface area contributed by atoms with Crippen molar-refractivity contribution in [2.45, 2.75) is 0 Å². The molecule has 2 amide bonds. The third-order valence-corrected chi connectivity index (χ3v) is 6.03. The molecule has 0 fully saturated rings. The van der Waals surface area contributed by atoms with Crippen molar-refractivity contribution in [2.24, 2.45) is 0 Å². The van der Waals surface area contributed by atoms with Crippen LogP contribution in [0.3, 0.4) is 0 Å². The van der Waals surface area contributed by atoms with Crippen molar-refractivity contribution in [3.8, 4) is 22.8 Å². The van der Waals surface area contributed by atoms with E-state index in [0.29, 0.717) is 33.0 Å². The lowest BCUT2D eigenvalue weighted by Gasteiger charge is -2.04. The van der Waals surface area contributed by atoms with Crippen LogP contribution in [0.4, 0.5) is 10.3 Å². The van der Waals surface area contributed by atoms with Gasteiger partial charge in [0.25, 0.3) is 11.8 Å². The van der Waals surface area contributed by atoms with Gasteiger partial charge < -0.3 is 0 Å². The summed E-state index contributed by atoms with van der Waals surface area (Å²) in [6.45, 7) is 0. The highest BCUT2D eigenvalue weighted by Crippen LogP contribution is 2.24. The lowest BCUT2D eigenvalue weighted by Crippen LogP contribution is -2.18. The van der Waals surface area contributed by atoms with Gasteiger partial charge >= 0.3 is 0 Å². The minimum atomic E-state index is -0.469. The van der Waals surface area contributed by atoms with Gasteiger partial charge in [0, 0.05) is 23.2 Å². The summed E-state index contributed by atoms with van der Waals surface area (Å²) >= 11 is 2.56. The van der Waals surface area contributed by atoms with Crippen LogP contribution in [-0.4, -0.2) is 36.7 Å². The van der Waals surface area contributed by atoms with E-state index in [1.54, 1.807) is 18.5 Å². The summed E-state index contributed by atoms with van der Waals surface area (Å²) in [6.07, 6.45) is 3.36. The Bertz CT molecular complexity index is 1350. The Balaban J connectivity index is 1.26. The van der Waals surface area contributed by atoms with Crippen molar-refractivity contribution in [3.05, 3.63) is 89.1 Å². The molecule has 0 saturated carbocycles. The number of amides is 2. The summed E-state index contributed by atoms with van der Waals surface area (Å²) in [7, 11) is 0. The zero-order valence-corrected chi connectivity index (χ0v) is 19.0. The van der Waals surface area contributed by atoms with Gasteiger partial charge in [0.05, 0.1) is 11.4 Å². The van der Waals surface area contributed by atoms with Crippen molar-refractivity contribution in [1.29, 1.82) is 0 Å². The van der Waals surface area contributed by atoms with Gasteiger partial charge in [0.1, 0.15) is 22.8 Å². The Hall–Kier alpha value is -4.35. The van der Waals surface area contributed by atoms with E-state index >= 15 is 0 Å². The van der Waals surface area contributed by atoms with Gasteiger partial charge in [-0.25, -0.2) is 15.0 Å². The van der Waals surface area contributed by atoms with Crippen molar-refractivity contribution in [1.82, 2.24) is 24.9 Å². The number of nitrogens with zero attached hydrogens (tertiary/aromatic N) is 5. The van der Waals surface area contributed by atoms with Crippen LogP contribution in [0.25, 0.3) is 22.8 Å². The van der Waals surface area contributed by atoms with Crippen LogP contribution in [0, 0.1) is 0 Å². The van der Waals surface area contributed by atoms with E-state index in [1.165, 1.54) is 34.8 Å². The summed E-state index contributed by atoms with van der Waals surface area (Å²) in [4.78, 5) is 46.8. The highest BCUT2D eigenvalue weighted by Gasteiger charge is 2.16. The molecular weight excluding hydrogens is 470 g/mol. The quantitative estimate of drug-likeness (QED) is 0.360. The number of carbonyl (C=O) groups excluding carboxylic acids is 2. The number of rotatable bonds is 6. The van der Waals surface area contributed by atoms with Gasteiger partial charge in [0.2, 0.25) is 0 Å². The topological polar surface area (TPSA) is 123 Å². The van der Waals surface area contributed by atoms with E-state index in [0.717, 1.165) is 0 Å². The Morgan fingerprint density at radius 2 is 1.09 bits per heavy atom. The van der Waals surface area contributed by atoms with Crippen molar-refractivity contribution < 1.29 is 9.59 Å². The number of hydrogen-bond donors (Lipinski definition) is 2. The minimum absolute atomic E-state index is 0.0931. The molecule has 5 aromatic rings. The molecule has 0 aromatic carbocycles. The fraction of sp³-hybridized carbons (Fsp3) is 0. The summed E-state index contributed by atoms with van der Waals surface area (Å²) < 4.78 is 0. The molecule has 0 aliphatic heterocycles. The van der Waals surface area contributed by atoms with Crippen LogP contribution in [0.5, 0.6) is 0 Å². The number of nitrogens with one attached hydrogen (secondary N) is 2. The van der Waals surface area contributed by atoms with Crippen LogP contribution >= 0.6 is 22.7 Å². The van der Waals surface area contributed by atoms with Crippen LogP contribution in [0.1, 0.15) is 21.0 Å². The van der Waals surface area contributed by atoms with E-state index in [-0.39, 0.29) is 11.4 Å². The SMILES string of the molecule is O=C(Nc1nc(-c2ccccn2)cs1)c1cccc(C(=O)Nc2nc(-c3ccccn3)cs2)n1. The van der Waals surface area contributed by atoms with Crippen LogP contribution in [0.15, 0.2) is 77.8 Å². The standard InChI is InChI=1S/C23H15N7O2S2/c31-20(29-22-27-18(12-33-22)14-6-1-3-10-24-14)16-8-5-9-17(26-16)21(32)30-23-28-19(13-34-23)15-7-2-4-11-25-15/h1-13H,(H,27,29,31)(H,28,30,32). The number of hydrogen-bond acceptors (Lipinski definition) is 9. The molecule has 5 rings (SSSR count). The summed E-state index contributed by atoms with van der Waals surface area (Å²) in [6, 6.07) is 15.7.